The number of hydrogen-bond acceptors (Lipinski definition) is 6. The summed E-state index contributed by atoms with van der Waals surface area (Å²) in [5, 5.41) is 13.9. The summed E-state index contributed by atoms with van der Waals surface area (Å²) in [7, 11) is 3.14. The van der Waals surface area contributed by atoms with Gasteiger partial charge in [-0.3, -0.25) is 19.7 Å². The number of benzene rings is 2. The van der Waals surface area contributed by atoms with Gasteiger partial charge in [0, 0.05) is 7.05 Å². The van der Waals surface area contributed by atoms with E-state index in [1.54, 1.807) is 43.0 Å². The van der Waals surface area contributed by atoms with Gasteiger partial charge in [-0.15, -0.1) is 0 Å². The number of H-pyrrole nitrogens is 2. The SMILES string of the molecule is COc1ccc(OCC(O)C[n+]2c(NCc3ccccc3)[nH]c3c2c(=O)[nH]c(=O)n3C)cc1. The molecule has 0 bridgehead atoms. The summed E-state index contributed by atoms with van der Waals surface area (Å²) in [6, 6.07) is 16.8. The molecule has 1 atom stereocenters. The van der Waals surface area contributed by atoms with Gasteiger partial charge >= 0.3 is 11.6 Å². The van der Waals surface area contributed by atoms with E-state index in [1.165, 1.54) is 4.57 Å². The molecule has 0 radical (unpaired) electrons. The number of imidazole rings is 1. The Labute approximate surface area is 189 Å². The highest BCUT2D eigenvalue weighted by atomic mass is 16.5. The smallest absolute Gasteiger partial charge is 0.357 e. The molecular weight excluding hydrogens is 426 g/mol. The summed E-state index contributed by atoms with van der Waals surface area (Å²) in [6.45, 7) is 0.556. The van der Waals surface area contributed by atoms with Crippen molar-refractivity contribution in [2.45, 2.75) is 19.2 Å². The number of rotatable bonds is 9. The minimum absolute atomic E-state index is 0.00773. The number of hydrogen-bond donors (Lipinski definition) is 4. The topological polar surface area (TPSA) is 125 Å². The van der Waals surface area contributed by atoms with Gasteiger partial charge in [0.15, 0.2) is 0 Å². The van der Waals surface area contributed by atoms with Crippen LogP contribution in [0.2, 0.25) is 0 Å². The van der Waals surface area contributed by atoms with Crippen LogP contribution in [0.25, 0.3) is 11.2 Å². The lowest BCUT2D eigenvalue weighted by molar-refractivity contribution is -0.665. The molecule has 2 heterocycles. The second-order valence-electron chi connectivity index (χ2n) is 7.58. The fraction of sp³-hybridized carbons (Fsp3) is 0.261. The molecule has 0 aliphatic heterocycles. The van der Waals surface area contributed by atoms with E-state index in [4.69, 9.17) is 9.47 Å². The summed E-state index contributed by atoms with van der Waals surface area (Å²) >= 11 is 0. The lowest BCUT2D eigenvalue weighted by Crippen LogP contribution is -2.46. The van der Waals surface area contributed by atoms with Crippen molar-refractivity contribution in [3.63, 3.8) is 0 Å². The summed E-state index contributed by atoms with van der Waals surface area (Å²) in [4.78, 5) is 30.1. The zero-order chi connectivity index (χ0) is 23.4. The molecule has 0 saturated carbocycles. The monoisotopic (exact) mass is 452 g/mol. The Morgan fingerprint density at radius 2 is 1.76 bits per heavy atom. The third-order valence-electron chi connectivity index (χ3n) is 5.27. The second-order valence-corrected chi connectivity index (χ2v) is 7.58. The maximum absolute atomic E-state index is 12.6. The van der Waals surface area contributed by atoms with Crippen LogP contribution in [0.15, 0.2) is 64.2 Å². The zero-order valence-electron chi connectivity index (χ0n) is 18.4. The van der Waals surface area contributed by atoms with Crippen molar-refractivity contribution < 1.29 is 19.1 Å². The van der Waals surface area contributed by atoms with Crippen molar-refractivity contribution in [2.75, 3.05) is 19.0 Å². The molecule has 4 rings (SSSR count). The Bertz CT molecular complexity index is 1340. The van der Waals surface area contributed by atoms with Gasteiger partial charge in [0.25, 0.3) is 5.56 Å². The van der Waals surface area contributed by atoms with Crippen molar-refractivity contribution >= 4 is 17.1 Å². The molecule has 1 unspecified atom stereocenters. The minimum atomic E-state index is -0.926. The molecular formula is C23H26N5O5+. The number of nitrogens with zero attached hydrogens (tertiary/aromatic N) is 2. The molecule has 4 aromatic rings. The number of aliphatic hydroxyl groups excluding tert-OH is 1. The van der Waals surface area contributed by atoms with Crippen molar-refractivity contribution in [3.05, 3.63) is 81.0 Å². The summed E-state index contributed by atoms with van der Waals surface area (Å²) in [6.07, 6.45) is -0.926. The van der Waals surface area contributed by atoms with Crippen LogP contribution in [-0.4, -0.2) is 39.5 Å². The van der Waals surface area contributed by atoms with Crippen LogP contribution >= 0.6 is 0 Å². The summed E-state index contributed by atoms with van der Waals surface area (Å²) < 4.78 is 13.8. The summed E-state index contributed by atoms with van der Waals surface area (Å²) in [5.74, 6) is 1.78. The maximum atomic E-state index is 12.6. The lowest BCUT2D eigenvalue weighted by atomic mass is 10.2. The molecule has 0 fully saturated rings. The van der Waals surface area contributed by atoms with Crippen LogP contribution in [0.3, 0.4) is 0 Å². The predicted octanol–water partition coefficient (Wildman–Crippen LogP) is 0.903. The largest absolute Gasteiger partial charge is 0.497 e. The van der Waals surface area contributed by atoms with E-state index in [9.17, 15) is 14.7 Å². The first kappa shape index (κ1) is 22.2. The third-order valence-corrected chi connectivity index (χ3v) is 5.27. The van der Waals surface area contributed by atoms with E-state index in [0.29, 0.717) is 29.6 Å². The van der Waals surface area contributed by atoms with E-state index >= 15 is 0 Å². The highest BCUT2D eigenvalue weighted by molar-refractivity contribution is 5.67. The van der Waals surface area contributed by atoms with Crippen molar-refractivity contribution in [3.8, 4) is 11.5 Å². The van der Waals surface area contributed by atoms with E-state index in [-0.39, 0.29) is 18.7 Å². The first-order valence-corrected chi connectivity index (χ1v) is 10.4. The van der Waals surface area contributed by atoms with Gasteiger partial charge in [-0.05, 0) is 29.8 Å². The first-order valence-electron chi connectivity index (χ1n) is 10.4. The Morgan fingerprint density at radius 1 is 1.06 bits per heavy atom. The van der Waals surface area contributed by atoms with E-state index in [2.05, 4.69) is 15.3 Å². The molecule has 0 saturated heterocycles. The standard InChI is InChI=1S/C23H25N5O5/c1-27-20-19(21(30)26-23(27)31)28(22(25-20)24-12-15-6-4-3-5-7-15)13-16(29)14-33-18-10-8-17(32-2)9-11-18/h3-11,16,29H,12-14H2,1-2H3,(H2,24,25,26,30,31)/p+1. The minimum Gasteiger partial charge on any atom is -0.497 e. The number of nitrogens with one attached hydrogen (secondary N) is 3. The molecule has 0 spiro atoms. The molecule has 2 aromatic heterocycles. The lowest BCUT2D eigenvalue weighted by Gasteiger charge is -2.13. The van der Waals surface area contributed by atoms with Crippen LogP contribution in [0.5, 0.6) is 11.5 Å². The molecule has 0 amide bonds. The molecule has 172 valence electrons. The van der Waals surface area contributed by atoms with Gasteiger partial charge < -0.3 is 14.6 Å². The normalized spacial score (nSPS) is 12.0. The number of methoxy groups -OCH3 is 1. The fourth-order valence-electron chi connectivity index (χ4n) is 3.52. The third kappa shape index (κ3) is 4.90. The van der Waals surface area contributed by atoms with E-state index < -0.39 is 17.4 Å². The maximum Gasteiger partial charge on any atom is 0.357 e. The molecule has 0 aliphatic carbocycles. The molecule has 10 heteroatoms. The van der Waals surface area contributed by atoms with Gasteiger partial charge in [-0.1, -0.05) is 30.3 Å². The molecule has 10 nitrogen and oxygen atoms in total. The van der Waals surface area contributed by atoms with Crippen LogP contribution in [0.1, 0.15) is 5.56 Å². The second kappa shape index (κ2) is 9.61. The van der Waals surface area contributed by atoms with Gasteiger partial charge in [0.05, 0.1) is 13.7 Å². The van der Waals surface area contributed by atoms with Gasteiger partial charge in [-0.2, -0.15) is 0 Å². The van der Waals surface area contributed by atoms with Crippen LogP contribution in [0, 0.1) is 0 Å². The Hall–Kier alpha value is -4.05. The molecule has 4 N–H and O–H groups in total. The number of fused-ring (bicyclic) bond motifs is 1. The Kier molecular flexibility index (Phi) is 6.45. The first-order chi connectivity index (χ1) is 16.0. The fourth-order valence-corrected chi connectivity index (χ4v) is 3.52. The van der Waals surface area contributed by atoms with Gasteiger partial charge in [-0.25, -0.2) is 14.3 Å². The van der Waals surface area contributed by atoms with E-state index in [0.717, 1.165) is 5.56 Å². The van der Waals surface area contributed by atoms with Crippen molar-refractivity contribution in [2.24, 2.45) is 7.05 Å². The average Bonchev–Trinajstić information content (AvgIpc) is 3.19. The quantitative estimate of drug-likeness (QED) is 0.280. The van der Waals surface area contributed by atoms with Gasteiger partial charge in [0.2, 0.25) is 11.2 Å². The zero-order valence-corrected chi connectivity index (χ0v) is 18.4. The molecule has 0 aliphatic rings. The van der Waals surface area contributed by atoms with Crippen LogP contribution < -0.4 is 30.6 Å². The number of aromatic nitrogens is 4. The molecule has 33 heavy (non-hydrogen) atoms. The van der Waals surface area contributed by atoms with Crippen molar-refractivity contribution in [1.82, 2.24) is 14.5 Å². The Balaban J connectivity index is 1.58. The Morgan fingerprint density at radius 3 is 2.45 bits per heavy atom. The average molecular weight is 452 g/mol. The van der Waals surface area contributed by atoms with Crippen LogP contribution in [0.4, 0.5) is 5.95 Å². The molecule has 2 aromatic carbocycles. The highest BCUT2D eigenvalue weighted by Gasteiger charge is 2.25. The number of aromatic amines is 2. The highest BCUT2D eigenvalue weighted by Crippen LogP contribution is 2.17. The van der Waals surface area contributed by atoms with Gasteiger partial charge in [0.1, 0.15) is 30.8 Å². The predicted molar refractivity (Wildman–Crippen MR) is 123 cm³/mol. The van der Waals surface area contributed by atoms with Crippen molar-refractivity contribution in [1.29, 1.82) is 0 Å². The number of aliphatic hydroxyl groups is 1. The van der Waals surface area contributed by atoms with Crippen LogP contribution in [-0.2, 0) is 20.1 Å². The van der Waals surface area contributed by atoms with E-state index in [1.807, 2.05) is 30.3 Å². The summed E-state index contributed by atoms with van der Waals surface area (Å²) in [5.41, 5.74) is 0.562. The number of aryl methyl sites for hydroxylation is 1. The number of ether oxygens (including phenoxy) is 2. The number of anilines is 1.